The van der Waals surface area contributed by atoms with Crippen molar-refractivity contribution in [2.45, 2.75) is 26.7 Å². The minimum atomic E-state index is -0.0212. The molecule has 0 aromatic heterocycles. The average Bonchev–Trinajstić information content (AvgIpc) is 2.41. The molecule has 0 aliphatic heterocycles. The third-order valence-electron chi connectivity index (χ3n) is 3.46. The van der Waals surface area contributed by atoms with Crippen LogP contribution in [0.25, 0.3) is 11.1 Å². The zero-order valence-corrected chi connectivity index (χ0v) is 11.7. The second-order valence-electron chi connectivity index (χ2n) is 5.34. The van der Waals surface area contributed by atoms with Crippen LogP contribution in [0.3, 0.4) is 0 Å². The van der Waals surface area contributed by atoms with Crippen molar-refractivity contribution in [1.29, 1.82) is 5.26 Å². The van der Waals surface area contributed by atoms with E-state index < -0.39 is 0 Å². The number of hydrogen-bond acceptors (Lipinski definition) is 1. The van der Waals surface area contributed by atoms with E-state index in [-0.39, 0.29) is 5.92 Å². The van der Waals surface area contributed by atoms with Gasteiger partial charge in [0, 0.05) is 0 Å². The van der Waals surface area contributed by atoms with Crippen molar-refractivity contribution < 1.29 is 0 Å². The summed E-state index contributed by atoms with van der Waals surface area (Å²) in [6.07, 6.45) is 0. The number of aryl methyl sites for hydroxylation is 1. The van der Waals surface area contributed by atoms with Crippen LogP contribution in [0.2, 0.25) is 0 Å². The Hall–Kier alpha value is -2.07. The first-order valence-electron chi connectivity index (χ1n) is 6.68. The molecule has 2 aromatic carbocycles. The van der Waals surface area contributed by atoms with E-state index in [2.05, 4.69) is 75.4 Å². The van der Waals surface area contributed by atoms with Gasteiger partial charge in [-0.1, -0.05) is 67.9 Å². The second-order valence-corrected chi connectivity index (χ2v) is 5.34. The van der Waals surface area contributed by atoms with Crippen molar-refractivity contribution in [3.63, 3.8) is 0 Å². The fourth-order valence-electron chi connectivity index (χ4n) is 2.24. The molecular formula is C18H19N. The molecule has 0 amide bonds. The lowest BCUT2D eigenvalue weighted by Gasteiger charge is -2.13. The lowest BCUT2D eigenvalue weighted by atomic mass is 9.89. The molecule has 1 nitrogen and oxygen atoms in total. The van der Waals surface area contributed by atoms with Crippen LogP contribution in [0.15, 0.2) is 48.5 Å². The van der Waals surface area contributed by atoms with Crippen LogP contribution < -0.4 is 0 Å². The summed E-state index contributed by atoms with van der Waals surface area (Å²) in [6, 6.07) is 19.2. The topological polar surface area (TPSA) is 23.8 Å². The van der Waals surface area contributed by atoms with E-state index in [1.165, 1.54) is 16.7 Å². The Morgan fingerprint density at radius 2 is 1.32 bits per heavy atom. The van der Waals surface area contributed by atoms with E-state index in [0.717, 1.165) is 5.56 Å². The van der Waals surface area contributed by atoms with Crippen LogP contribution in [-0.2, 0) is 0 Å². The van der Waals surface area contributed by atoms with Gasteiger partial charge >= 0.3 is 0 Å². The summed E-state index contributed by atoms with van der Waals surface area (Å²) in [7, 11) is 0. The van der Waals surface area contributed by atoms with Crippen molar-refractivity contribution in [2.24, 2.45) is 5.92 Å². The van der Waals surface area contributed by atoms with Crippen molar-refractivity contribution in [2.75, 3.05) is 0 Å². The summed E-state index contributed by atoms with van der Waals surface area (Å²) in [4.78, 5) is 0. The largest absolute Gasteiger partial charge is 0.198 e. The van der Waals surface area contributed by atoms with Gasteiger partial charge in [0.1, 0.15) is 0 Å². The Morgan fingerprint density at radius 3 is 1.74 bits per heavy atom. The lowest BCUT2D eigenvalue weighted by Crippen LogP contribution is -2.03. The number of rotatable bonds is 3. The molecule has 1 unspecified atom stereocenters. The molecule has 19 heavy (non-hydrogen) atoms. The third kappa shape index (κ3) is 3.03. The maximum absolute atomic E-state index is 9.22. The number of nitriles is 1. The highest BCUT2D eigenvalue weighted by molar-refractivity contribution is 5.64. The predicted molar refractivity (Wildman–Crippen MR) is 79.8 cm³/mol. The van der Waals surface area contributed by atoms with Gasteiger partial charge in [0.2, 0.25) is 0 Å². The van der Waals surface area contributed by atoms with Gasteiger partial charge in [-0.2, -0.15) is 5.26 Å². The molecule has 0 bridgehead atoms. The first-order valence-corrected chi connectivity index (χ1v) is 6.68. The molecule has 2 aromatic rings. The SMILES string of the molecule is Cc1ccc(-c2ccc(C(C#N)C(C)C)cc2)cc1. The van der Waals surface area contributed by atoms with Gasteiger partial charge in [0.25, 0.3) is 0 Å². The van der Waals surface area contributed by atoms with Gasteiger partial charge in [0.15, 0.2) is 0 Å². The molecule has 2 rings (SSSR count). The van der Waals surface area contributed by atoms with Crippen LogP contribution in [0.4, 0.5) is 0 Å². The van der Waals surface area contributed by atoms with Gasteiger partial charge in [-0.05, 0) is 29.5 Å². The Labute approximate surface area is 115 Å². The molecule has 0 spiro atoms. The van der Waals surface area contributed by atoms with Crippen molar-refractivity contribution in [3.05, 3.63) is 59.7 Å². The Morgan fingerprint density at radius 1 is 0.842 bits per heavy atom. The number of benzene rings is 2. The van der Waals surface area contributed by atoms with E-state index in [1.807, 2.05) is 0 Å². The van der Waals surface area contributed by atoms with E-state index in [9.17, 15) is 5.26 Å². The van der Waals surface area contributed by atoms with Gasteiger partial charge in [-0.15, -0.1) is 0 Å². The molecule has 1 heteroatoms. The standard InChI is InChI=1S/C18H19N/c1-13(2)18(12-19)17-10-8-16(9-11-17)15-6-4-14(3)5-7-15/h4-11,13,18H,1-3H3. The fraction of sp³-hybridized carbons (Fsp3) is 0.278. The molecule has 0 heterocycles. The summed E-state index contributed by atoms with van der Waals surface area (Å²) in [6.45, 7) is 6.26. The smallest absolute Gasteiger partial charge is 0.0735 e. The number of nitrogens with zero attached hydrogens (tertiary/aromatic N) is 1. The minimum absolute atomic E-state index is 0.0212. The summed E-state index contributed by atoms with van der Waals surface area (Å²) in [5.41, 5.74) is 4.79. The van der Waals surface area contributed by atoms with Crippen molar-refractivity contribution in [1.82, 2.24) is 0 Å². The van der Waals surface area contributed by atoms with Crippen LogP contribution in [0.5, 0.6) is 0 Å². The van der Waals surface area contributed by atoms with Gasteiger partial charge < -0.3 is 0 Å². The molecule has 96 valence electrons. The van der Waals surface area contributed by atoms with Gasteiger partial charge in [0.05, 0.1) is 12.0 Å². The van der Waals surface area contributed by atoms with Gasteiger partial charge in [-0.3, -0.25) is 0 Å². The quantitative estimate of drug-likeness (QED) is 0.757. The summed E-state index contributed by atoms with van der Waals surface area (Å²) >= 11 is 0. The van der Waals surface area contributed by atoms with E-state index >= 15 is 0 Å². The molecule has 0 aliphatic carbocycles. The van der Waals surface area contributed by atoms with Crippen LogP contribution >= 0.6 is 0 Å². The lowest BCUT2D eigenvalue weighted by molar-refractivity contribution is 0.587. The Bertz CT molecular complexity index is 571. The molecule has 0 saturated heterocycles. The fourth-order valence-corrected chi connectivity index (χ4v) is 2.24. The second kappa shape index (κ2) is 5.71. The molecule has 0 radical (unpaired) electrons. The molecule has 0 fully saturated rings. The Kier molecular flexibility index (Phi) is 4.02. The summed E-state index contributed by atoms with van der Waals surface area (Å²) in [5, 5.41) is 9.22. The van der Waals surface area contributed by atoms with E-state index in [4.69, 9.17) is 0 Å². The zero-order valence-electron chi connectivity index (χ0n) is 11.7. The van der Waals surface area contributed by atoms with Crippen LogP contribution in [-0.4, -0.2) is 0 Å². The van der Waals surface area contributed by atoms with Crippen molar-refractivity contribution in [3.8, 4) is 17.2 Å². The molecule has 1 atom stereocenters. The maximum Gasteiger partial charge on any atom is 0.0735 e. The third-order valence-corrected chi connectivity index (χ3v) is 3.46. The summed E-state index contributed by atoms with van der Waals surface area (Å²) in [5.74, 6) is 0.322. The first-order chi connectivity index (χ1) is 9.11. The maximum atomic E-state index is 9.22. The molecule has 0 aliphatic rings. The molecular weight excluding hydrogens is 230 g/mol. The summed E-state index contributed by atoms with van der Waals surface area (Å²) < 4.78 is 0. The highest BCUT2D eigenvalue weighted by Crippen LogP contribution is 2.26. The Balaban J connectivity index is 2.28. The van der Waals surface area contributed by atoms with Crippen molar-refractivity contribution >= 4 is 0 Å². The van der Waals surface area contributed by atoms with Crippen LogP contribution in [0, 0.1) is 24.2 Å². The number of hydrogen-bond donors (Lipinski definition) is 0. The van der Waals surface area contributed by atoms with E-state index in [1.54, 1.807) is 0 Å². The predicted octanol–water partition coefficient (Wildman–Crippen LogP) is 4.93. The highest BCUT2D eigenvalue weighted by atomic mass is 14.3. The molecule has 0 N–H and O–H groups in total. The minimum Gasteiger partial charge on any atom is -0.198 e. The van der Waals surface area contributed by atoms with E-state index in [0.29, 0.717) is 5.92 Å². The van der Waals surface area contributed by atoms with Gasteiger partial charge in [-0.25, -0.2) is 0 Å². The monoisotopic (exact) mass is 249 g/mol. The normalized spacial score (nSPS) is 12.2. The first kappa shape index (κ1) is 13.4. The average molecular weight is 249 g/mol. The highest BCUT2D eigenvalue weighted by Gasteiger charge is 2.14. The zero-order chi connectivity index (χ0) is 13.8. The van der Waals surface area contributed by atoms with Crippen LogP contribution in [0.1, 0.15) is 30.9 Å². The molecule has 0 saturated carbocycles.